The number of hydrogen-bond acceptors (Lipinski definition) is 9. The van der Waals surface area contributed by atoms with Gasteiger partial charge < -0.3 is 29.1 Å². The Balaban J connectivity index is 1.45. The highest BCUT2D eigenvalue weighted by Crippen LogP contribution is 2.47. The smallest absolute Gasteiger partial charge is 0.303 e. The third-order valence-electron chi connectivity index (χ3n) is 11.5. The van der Waals surface area contributed by atoms with Gasteiger partial charge in [-0.25, -0.2) is 4.72 Å². The number of methoxy groups -OCH3 is 2. The maximum absolute atomic E-state index is 14.1. The summed E-state index contributed by atoms with van der Waals surface area (Å²) in [7, 11) is 1.69. The van der Waals surface area contributed by atoms with Gasteiger partial charge in [-0.1, -0.05) is 35.9 Å². The molecule has 2 N–H and O–H groups in total. The molecule has 2 amide bonds. The Bertz CT molecular complexity index is 1790. The number of aryl methyl sites for hydroxylation is 1. The van der Waals surface area contributed by atoms with Crippen molar-refractivity contribution in [3.8, 4) is 5.75 Å². The van der Waals surface area contributed by atoms with Gasteiger partial charge in [-0.3, -0.25) is 9.59 Å². The van der Waals surface area contributed by atoms with Gasteiger partial charge in [0.2, 0.25) is 5.91 Å². The van der Waals surface area contributed by atoms with Crippen molar-refractivity contribution in [3.05, 3.63) is 70.3 Å². The predicted octanol–water partition coefficient (Wildman–Crippen LogP) is 3.79. The fourth-order valence-electron chi connectivity index (χ4n) is 8.21. The number of hydrogen-bond donors (Lipinski definition) is 2. The molecule has 0 saturated heterocycles. The average Bonchev–Trinajstić information content (AvgIpc) is 3.25. The predicted molar refractivity (Wildman–Crippen MR) is 199 cm³/mol. The van der Waals surface area contributed by atoms with Crippen LogP contribution in [0, 0.1) is 11.8 Å². The van der Waals surface area contributed by atoms with Crippen LogP contribution >= 0.6 is 11.6 Å². The van der Waals surface area contributed by atoms with Gasteiger partial charge in [0.15, 0.2) is 5.60 Å². The molecule has 284 valence electrons. The quantitative estimate of drug-likeness (QED) is 0.405. The molecule has 2 bridgehead atoms. The number of anilines is 1. The summed E-state index contributed by atoms with van der Waals surface area (Å²) >= 11 is 6.45. The van der Waals surface area contributed by atoms with Gasteiger partial charge in [-0.2, -0.15) is 12.7 Å². The van der Waals surface area contributed by atoms with Crippen molar-refractivity contribution in [1.82, 2.24) is 13.9 Å². The first-order chi connectivity index (χ1) is 24.8. The fraction of sp³-hybridized carbons (Fsp3) is 0.579. The number of benzene rings is 2. The molecule has 0 radical (unpaired) electrons. The fourth-order valence-corrected chi connectivity index (χ4v) is 9.28. The molecular formula is C38H51ClN4O8S. The van der Waals surface area contributed by atoms with E-state index in [1.54, 1.807) is 32.4 Å². The number of carbonyl (C=O) groups is 2. The van der Waals surface area contributed by atoms with Crippen LogP contribution in [0.5, 0.6) is 5.75 Å². The van der Waals surface area contributed by atoms with E-state index >= 15 is 0 Å². The van der Waals surface area contributed by atoms with Gasteiger partial charge in [0.05, 0.1) is 31.4 Å². The second kappa shape index (κ2) is 15.6. The molecular weight excluding hydrogens is 708 g/mol. The van der Waals surface area contributed by atoms with Gasteiger partial charge in [0.1, 0.15) is 5.75 Å². The first kappa shape index (κ1) is 38.5. The molecule has 1 saturated carbocycles. The molecule has 52 heavy (non-hydrogen) atoms. The second-order valence-corrected chi connectivity index (χ2v) is 17.0. The zero-order valence-electron chi connectivity index (χ0n) is 30.5. The van der Waals surface area contributed by atoms with Gasteiger partial charge in [0, 0.05) is 64.9 Å². The van der Waals surface area contributed by atoms with Crippen LogP contribution < -0.4 is 14.4 Å². The lowest BCUT2D eigenvalue weighted by atomic mass is 9.68. The number of rotatable bonds is 7. The van der Waals surface area contributed by atoms with Crippen LogP contribution in [0.3, 0.4) is 0 Å². The minimum atomic E-state index is -4.39. The van der Waals surface area contributed by atoms with Crippen LogP contribution in [-0.2, 0) is 46.7 Å². The van der Waals surface area contributed by atoms with Gasteiger partial charge in [-0.05, 0) is 91.3 Å². The summed E-state index contributed by atoms with van der Waals surface area (Å²) in [5.41, 5.74) is 0.285. The SMILES string of the molecule is COCCN(C)S(=O)(=O)NC(=O)[C@@]1(O)CC(=O)N(C)CC/C=C/[C@H](OC)[C@@H]2CC[C@H]2CN2C[C@@]3(CCCc4cc(Cl)ccc43)COc3ccc1cc32. The van der Waals surface area contributed by atoms with Crippen molar-refractivity contribution in [1.29, 1.82) is 0 Å². The maximum Gasteiger partial charge on any atom is 0.303 e. The van der Waals surface area contributed by atoms with Crippen molar-refractivity contribution in [2.75, 3.05) is 72.6 Å². The molecule has 2 aliphatic carbocycles. The maximum atomic E-state index is 14.1. The standard InChI is InChI=1S/C38H51ClN4O8S/c1-41-17-6-5-9-33(50-4)30-13-10-27(30)23-43-24-37(16-7-8-26-20-29(39)12-14-31(26)37)25-51-34-15-11-28(21-32(34)43)38(46,22-35(41)44)36(45)40-52(47,48)42(2)18-19-49-3/h5,9,11-12,14-15,20-21,27,30,33,46H,6-8,10,13,16-19,22-25H2,1-4H3,(H,40,45)/b9-5+/t27-,30+,33-,37-,38+/m0/s1. The lowest BCUT2D eigenvalue weighted by Gasteiger charge is -2.46. The molecule has 6 rings (SSSR count). The Kier molecular flexibility index (Phi) is 11.6. The number of likely N-dealkylation sites (N-methyl/N-ethyl adjacent to an activating group) is 1. The normalized spacial score (nSPS) is 28.7. The monoisotopic (exact) mass is 758 g/mol. The molecule has 14 heteroatoms. The Labute approximate surface area is 312 Å². The van der Waals surface area contributed by atoms with Crippen molar-refractivity contribution < 1.29 is 37.3 Å². The zero-order valence-corrected chi connectivity index (χ0v) is 32.0. The number of ether oxygens (including phenoxy) is 3. The molecule has 2 aromatic rings. The van der Waals surface area contributed by atoms with E-state index in [9.17, 15) is 23.1 Å². The summed E-state index contributed by atoms with van der Waals surface area (Å²) < 4.78 is 47.1. The Morgan fingerprint density at radius 1 is 1.19 bits per heavy atom. The van der Waals surface area contributed by atoms with Gasteiger partial charge in [0.25, 0.3) is 5.91 Å². The van der Waals surface area contributed by atoms with E-state index in [0.717, 1.165) is 36.4 Å². The molecule has 1 spiro atoms. The van der Waals surface area contributed by atoms with Crippen molar-refractivity contribution >= 4 is 39.3 Å². The molecule has 0 unspecified atom stereocenters. The number of nitrogens with one attached hydrogen (secondary N) is 1. The van der Waals surface area contributed by atoms with Crippen LogP contribution in [0.25, 0.3) is 0 Å². The first-order valence-corrected chi connectivity index (χ1v) is 19.9. The number of fused-ring (bicyclic) bond motifs is 4. The van der Waals surface area contributed by atoms with Crippen molar-refractivity contribution in [2.24, 2.45) is 11.8 Å². The van der Waals surface area contributed by atoms with Crippen molar-refractivity contribution in [2.45, 2.75) is 62.1 Å². The Hall–Kier alpha value is -3.20. The number of amides is 2. The minimum absolute atomic E-state index is 0.0267. The zero-order chi connectivity index (χ0) is 37.3. The molecule has 4 aliphatic rings. The van der Waals surface area contributed by atoms with E-state index in [4.69, 9.17) is 25.8 Å². The van der Waals surface area contributed by atoms with Crippen LogP contribution in [0.1, 0.15) is 55.2 Å². The number of nitrogens with zero attached hydrogens (tertiary/aromatic N) is 3. The summed E-state index contributed by atoms with van der Waals surface area (Å²) in [6, 6.07) is 11.1. The highest BCUT2D eigenvalue weighted by atomic mass is 35.5. The Morgan fingerprint density at radius 3 is 2.73 bits per heavy atom. The third kappa shape index (κ3) is 7.72. The van der Waals surface area contributed by atoms with Crippen LogP contribution in [0.2, 0.25) is 5.02 Å². The summed E-state index contributed by atoms with van der Waals surface area (Å²) in [4.78, 5) is 31.5. The molecule has 2 aliphatic heterocycles. The molecule has 12 nitrogen and oxygen atoms in total. The summed E-state index contributed by atoms with van der Waals surface area (Å²) in [6.45, 7) is 2.10. The van der Waals surface area contributed by atoms with E-state index in [1.807, 2.05) is 22.9 Å². The lowest BCUT2D eigenvalue weighted by molar-refractivity contribution is -0.148. The molecule has 1 fully saturated rings. The van der Waals surface area contributed by atoms with Gasteiger partial charge in [-0.15, -0.1) is 0 Å². The topological polar surface area (TPSA) is 138 Å². The molecule has 2 aromatic carbocycles. The average molecular weight is 759 g/mol. The molecule has 5 atom stereocenters. The highest BCUT2D eigenvalue weighted by molar-refractivity contribution is 7.87. The van der Waals surface area contributed by atoms with Crippen LogP contribution in [-0.4, -0.2) is 108 Å². The molecule has 0 aromatic heterocycles. The minimum Gasteiger partial charge on any atom is -0.490 e. The summed E-state index contributed by atoms with van der Waals surface area (Å²) in [5.74, 6) is -0.593. The van der Waals surface area contributed by atoms with E-state index in [1.165, 1.54) is 30.2 Å². The summed E-state index contributed by atoms with van der Waals surface area (Å²) in [6.07, 6.45) is 8.70. The number of halogens is 1. The van der Waals surface area contributed by atoms with E-state index in [2.05, 4.69) is 17.0 Å². The van der Waals surface area contributed by atoms with E-state index in [-0.39, 0.29) is 36.2 Å². The van der Waals surface area contributed by atoms with E-state index < -0.39 is 34.0 Å². The van der Waals surface area contributed by atoms with Gasteiger partial charge >= 0.3 is 10.2 Å². The largest absolute Gasteiger partial charge is 0.490 e. The number of aliphatic hydroxyl groups is 1. The number of carbonyl (C=O) groups excluding carboxylic acids is 2. The van der Waals surface area contributed by atoms with Crippen LogP contribution in [0.4, 0.5) is 5.69 Å². The third-order valence-corrected chi connectivity index (χ3v) is 13.2. The Morgan fingerprint density at radius 2 is 2.00 bits per heavy atom. The highest BCUT2D eigenvalue weighted by Gasteiger charge is 2.47. The molecule has 2 heterocycles. The summed E-state index contributed by atoms with van der Waals surface area (Å²) in [5, 5.41) is 13.1. The first-order valence-electron chi connectivity index (χ1n) is 18.0. The van der Waals surface area contributed by atoms with Crippen LogP contribution in [0.15, 0.2) is 48.6 Å². The lowest BCUT2D eigenvalue weighted by Crippen LogP contribution is -2.52. The second-order valence-electron chi connectivity index (χ2n) is 14.8. The van der Waals surface area contributed by atoms with Crippen molar-refractivity contribution in [3.63, 3.8) is 0 Å². The van der Waals surface area contributed by atoms with E-state index in [0.29, 0.717) is 55.0 Å².